The number of hydrogen-bond donors (Lipinski definition) is 1. The van der Waals surface area contributed by atoms with Crippen LogP contribution in [-0.4, -0.2) is 34.4 Å². The lowest BCUT2D eigenvalue weighted by Gasteiger charge is -2.18. The Hall–Kier alpha value is -3.35. The smallest absolute Gasteiger partial charge is 0.260 e. The van der Waals surface area contributed by atoms with Gasteiger partial charge in [0.1, 0.15) is 25.6 Å². The average Bonchev–Trinajstić information content (AvgIpc) is 3.01. The number of carbonyl (C=O) groups is 1. The van der Waals surface area contributed by atoms with E-state index in [-0.39, 0.29) is 12.5 Å². The second-order valence-electron chi connectivity index (χ2n) is 6.32. The van der Waals surface area contributed by atoms with Crippen molar-refractivity contribution < 1.29 is 14.3 Å². The number of hydrazone groups is 1. The summed E-state index contributed by atoms with van der Waals surface area (Å²) >= 11 is 0. The highest BCUT2D eigenvalue weighted by Crippen LogP contribution is 2.30. The van der Waals surface area contributed by atoms with Crippen molar-refractivity contribution in [2.24, 2.45) is 5.10 Å². The number of amides is 1. The van der Waals surface area contributed by atoms with Crippen LogP contribution in [0.4, 0.5) is 0 Å². The molecule has 7 nitrogen and oxygen atoms in total. The number of carbonyl (C=O) groups excluding carboxylic acids is 1. The Labute approximate surface area is 156 Å². The predicted octanol–water partition coefficient (Wildman–Crippen LogP) is 2.66. The van der Waals surface area contributed by atoms with Gasteiger partial charge in [0.15, 0.2) is 11.5 Å². The summed E-state index contributed by atoms with van der Waals surface area (Å²) in [6.07, 6.45) is 0. The number of fused-ring (bicyclic) bond motifs is 2. The first-order valence-electron chi connectivity index (χ1n) is 8.77. The van der Waals surface area contributed by atoms with E-state index in [0.29, 0.717) is 24.7 Å². The lowest BCUT2D eigenvalue weighted by molar-refractivity contribution is -0.121. The second-order valence-corrected chi connectivity index (χ2v) is 6.32. The molecule has 0 atom stereocenters. The summed E-state index contributed by atoms with van der Waals surface area (Å²) in [6.45, 7) is 4.96. The van der Waals surface area contributed by atoms with Gasteiger partial charge in [-0.25, -0.2) is 10.4 Å². The minimum Gasteiger partial charge on any atom is -0.486 e. The Kier molecular flexibility index (Phi) is 4.50. The summed E-state index contributed by atoms with van der Waals surface area (Å²) in [5.74, 6) is 2.00. The number of hydrogen-bond acceptors (Lipinski definition) is 5. The molecule has 1 aliphatic rings. The van der Waals surface area contributed by atoms with Gasteiger partial charge in [-0.05, 0) is 44.2 Å². The molecule has 0 saturated heterocycles. The maximum absolute atomic E-state index is 12.4. The van der Waals surface area contributed by atoms with Crippen molar-refractivity contribution >= 4 is 22.7 Å². The zero-order valence-corrected chi connectivity index (χ0v) is 15.2. The predicted molar refractivity (Wildman–Crippen MR) is 102 cm³/mol. The molecule has 7 heteroatoms. The van der Waals surface area contributed by atoms with Gasteiger partial charge in [0.05, 0.1) is 16.7 Å². The maximum atomic E-state index is 12.4. The third-order valence-corrected chi connectivity index (χ3v) is 4.46. The monoisotopic (exact) mass is 364 g/mol. The first-order chi connectivity index (χ1) is 13.1. The molecule has 27 heavy (non-hydrogen) atoms. The fourth-order valence-electron chi connectivity index (χ4n) is 3.05. The van der Waals surface area contributed by atoms with Crippen LogP contribution in [0.5, 0.6) is 11.5 Å². The fourth-order valence-corrected chi connectivity index (χ4v) is 3.05. The van der Waals surface area contributed by atoms with Crippen LogP contribution in [-0.2, 0) is 11.3 Å². The quantitative estimate of drug-likeness (QED) is 0.570. The molecule has 1 aromatic heterocycles. The van der Waals surface area contributed by atoms with E-state index in [1.165, 1.54) is 0 Å². The molecule has 1 aliphatic heterocycles. The van der Waals surface area contributed by atoms with Crippen LogP contribution in [0.15, 0.2) is 47.6 Å². The van der Waals surface area contributed by atoms with E-state index in [1.807, 2.05) is 60.9 Å². The molecular weight excluding hydrogens is 344 g/mol. The van der Waals surface area contributed by atoms with E-state index in [0.717, 1.165) is 28.2 Å². The minimum absolute atomic E-state index is 0.157. The third-order valence-electron chi connectivity index (χ3n) is 4.46. The Bertz CT molecular complexity index is 1040. The molecule has 4 rings (SSSR count). The van der Waals surface area contributed by atoms with Crippen molar-refractivity contribution in [3.63, 3.8) is 0 Å². The van der Waals surface area contributed by atoms with Crippen molar-refractivity contribution in [3.8, 4) is 11.5 Å². The van der Waals surface area contributed by atoms with E-state index in [9.17, 15) is 4.79 Å². The second kappa shape index (κ2) is 7.11. The van der Waals surface area contributed by atoms with Gasteiger partial charge < -0.3 is 14.0 Å². The number of para-hydroxylation sites is 2. The van der Waals surface area contributed by atoms with Crippen LogP contribution in [0.1, 0.15) is 18.3 Å². The summed E-state index contributed by atoms with van der Waals surface area (Å²) in [5.41, 5.74) is 5.97. The van der Waals surface area contributed by atoms with E-state index >= 15 is 0 Å². The zero-order chi connectivity index (χ0) is 18.8. The van der Waals surface area contributed by atoms with Crippen molar-refractivity contribution in [2.75, 3.05) is 13.2 Å². The van der Waals surface area contributed by atoms with Gasteiger partial charge in [0.25, 0.3) is 5.91 Å². The van der Waals surface area contributed by atoms with Crippen LogP contribution >= 0.6 is 0 Å². The van der Waals surface area contributed by atoms with Gasteiger partial charge in [0.2, 0.25) is 0 Å². The molecule has 0 saturated carbocycles. The Morgan fingerprint density at radius 2 is 1.96 bits per heavy atom. The minimum atomic E-state index is -0.210. The highest BCUT2D eigenvalue weighted by Gasteiger charge is 2.13. The van der Waals surface area contributed by atoms with E-state index in [2.05, 4.69) is 15.5 Å². The Morgan fingerprint density at radius 3 is 2.81 bits per heavy atom. The highest BCUT2D eigenvalue weighted by molar-refractivity contribution is 5.99. The topological polar surface area (TPSA) is 77.7 Å². The number of aromatic nitrogens is 2. The SMILES string of the molecule is C/C(=N\NC(=O)Cn1c(C)nc2ccccc21)c1ccc2c(c1)OCCO2. The van der Waals surface area contributed by atoms with Gasteiger partial charge in [-0.15, -0.1) is 0 Å². The molecule has 1 N–H and O–H groups in total. The molecule has 3 aromatic rings. The average molecular weight is 364 g/mol. The maximum Gasteiger partial charge on any atom is 0.260 e. The largest absolute Gasteiger partial charge is 0.486 e. The summed E-state index contributed by atoms with van der Waals surface area (Å²) in [7, 11) is 0. The molecule has 0 aliphatic carbocycles. The summed E-state index contributed by atoms with van der Waals surface area (Å²) in [4.78, 5) is 16.8. The number of benzene rings is 2. The number of rotatable bonds is 4. The first kappa shape index (κ1) is 17.1. The number of nitrogens with one attached hydrogen (secondary N) is 1. The summed E-state index contributed by atoms with van der Waals surface area (Å²) in [5, 5.41) is 4.22. The van der Waals surface area contributed by atoms with Crippen LogP contribution in [0.25, 0.3) is 11.0 Å². The Balaban J connectivity index is 1.47. The van der Waals surface area contributed by atoms with Gasteiger partial charge >= 0.3 is 0 Å². The molecular formula is C20H20N4O3. The van der Waals surface area contributed by atoms with Gasteiger partial charge in [-0.3, -0.25) is 4.79 Å². The highest BCUT2D eigenvalue weighted by atomic mass is 16.6. The summed E-state index contributed by atoms with van der Waals surface area (Å²) < 4.78 is 13.0. The van der Waals surface area contributed by atoms with Crippen molar-refractivity contribution in [1.29, 1.82) is 0 Å². The molecule has 0 fully saturated rings. The normalized spacial score (nSPS) is 13.6. The lowest BCUT2D eigenvalue weighted by Crippen LogP contribution is -2.24. The number of nitrogens with zero attached hydrogens (tertiary/aromatic N) is 3. The van der Waals surface area contributed by atoms with Crippen LogP contribution in [0, 0.1) is 6.92 Å². The van der Waals surface area contributed by atoms with Crippen LogP contribution < -0.4 is 14.9 Å². The first-order valence-corrected chi connectivity index (χ1v) is 8.77. The molecule has 2 heterocycles. The standard InChI is InChI=1S/C20H20N4O3/c1-13(15-7-8-18-19(11-15)27-10-9-26-18)22-23-20(25)12-24-14(2)21-16-5-3-4-6-17(16)24/h3-8,11H,9-10,12H2,1-2H3,(H,23,25)/b22-13+. The van der Waals surface area contributed by atoms with Crippen molar-refractivity contribution in [3.05, 3.63) is 53.9 Å². The lowest BCUT2D eigenvalue weighted by atomic mass is 10.1. The number of ether oxygens (including phenoxy) is 2. The van der Waals surface area contributed by atoms with Crippen LogP contribution in [0.3, 0.4) is 0 Å². The number of imidazole rings is 1. The molecule has 0 radical (unpaired) electrons. The molecule has 1 amide bonds. The zero-order valence-electron chi connectivity index (χ0n) is 15.2. The molecule has 0 unspecified atom stereocenters. The van der Waals surface area contributed by atoms with E-state index < -0.39 is 0 Å². The summed E-state index contributed by atoms with van der Waals surface area (Å²) in [6, 6.07) is 13.4. The van der Waals surface area contributed by atoms with E-state index in [1.54, 1.807) is 0 Å². The fraction of sp³-hybridized carbons (Fsp3) is 0.250. The number of aryl methyl sites for hydroxylation is 1. The molecule has 0 bridgehead atoms. The molecule has 2 aromatic carbocycles. The third kappa shape index (κ3) is 3.48. The van der Waals surface area contributed by atoms with Crippen molar-refractivity contribution in [1.82, 2.24) is 15.0 Å². The molecule has 0 spiro atoms. The van der Waals surface area contributed by atoms with Crippen LogP contribution in [0.2, 0.25) is 0 Å². The van der Waals surface area contributed by atoms with Gasteiger partial charge in [-0.1, -0.05) is 12.1 Å². The van der Waals surface area contributed by atoms with E-state index in [4.69, 9.17) is 9.47 Å². The Morgan fingerprint density at radius 1 is 1.19 bits per heavy atom. The van der Waals surface area contributed by atoms with Gasteiger partial charge in [-0.2, -0.15) is 5.10 Å². The van der Waals surface area contributed by atoms with Gasteiger partial charge in [0, 0.05) is 5.56 Å². The molecule has 138 valence electrons. The van der Waals surface area contributed by atoms with Crippen molar-refractivity contribution in [2.45, 2.75) is 20.4 Å².